The third-order valence-corrected chi connectivity index (χ3v) is 4.38. The van der Waals surface area contributed by atoms with Gasteiger partial charge in [-0.1, -0.05) is 32.6 Å². The van der Waals surface area contributed by atoms with Crippen LogP contribution in [-0.2, 0) is 23.3 Å². The first-order valence-electron chi connectivity index (χ1n) is 8.78. The van der Waals surface area contributed by atoms with Crippen molar-refractivity contribution in [3.8, 4) is 0 Å². The molecule has 1 aromatic rings. The minimum Gasteiger partial charge on any atom is -0.344 e. The highest BCUT2D eigenvalue weighted by Crippen LogP contribution is 2.23. The van der Waals surface area contributed by atoms with Gasteiger partial charge in [-0.3, -0.25) is 4.79 Å². The Morgan fingerprint density at radius 2 is 1.95 bits per heavy atom. The van der Waals surface area contributed by atoms with Crippen LogP contribution in [0.4, 0.5) is 0 Å². The predicted molar refractivity (Wildman–Crippen MR) is 87.5 cm³/mol. The van der Waals surface area contributed by atoms with Crippen molar-refractivity contribution in [1.82, 2.24) is 20.1 Å². The third kappa shape index (κ3) is 4.31. The molecule has 0 saturated heterocycles. The maximum atomic E-state index is 12.2. The molecule has 0 bridgehead atoms. The van der Waals surface area contributed by atoms with Crippen LogP contribution in [0.25, 0.3) is 0 Å². The van der Waals surface area contributed by atoms with Crippen LogP contribution >= 0.6 is 0 Å². The van der Waals surface area contributed by atoms with E-state index in [0.29, 0.717) is 6.42 Å². The molecule has 0 saturated carbocycles. The summed E-state index contributed by atoms with van der Waals surface area (Å²) in [4.78, 5) is 12.2. The summed E-state index contributed by atoms with van der Waals surface area (Å²) in [7, 11) is 0. The van der Waals surface area contributed by atoms with Crippen LogP contribution < -0.4 is 5.32 Å². The second-order valence-corrected chi connectivity index (χ2v) is 6.89. The fourth-order valence-corrected chi connectivity index (χ4v) is 3.13. The SMILES string of the molecule is CCCCCCCC(=O)NC(C)(C)c1nnc2n1CCCC2. The van der Waals surface area contributed by atoms with Gasteiger partial charge in [-0.15, -0.1) is 10.2 Å². The molecule has 0 fully saturated rings. The molecule has 5 nitrogen and oxygen atoms in total. The number of hydrogen-bond acceptors (Lipinski definition) is 3. The summed E-state index contributed by atoms with van der Waals surface area (Å²) in [6.07, 6.45) is 9.79. The van der Waals surface area contributed by atoms with E-state index in [1.165, 1.54) is 32.1 Å². The number of rotatable bonds is 8. The number of nitrogens with one attached hydrogen (secondary N) is 1. The van der Waals surface area contributed by atoms with Crippen LogP contribution in [0.3, 0.4) is 0 Å². The van der Waals surface area contributed by atoms with Gasteiger partial charge in [-0.25, -0.2) is 0 Å². The lowest BCUT2D eigenvalue weighted by molar-refractivity contribution is -0.123. The highest BCUT2D eigenvalue weighted by atomic mass is 16.1. The largest absolute Gasteiger partial charge is 0.344 e. The predicted octanol–water partition coefficient (Wildman–Crippen LogP) is 3.33. The highest BCUT2D eigenvalue weighted by molar-refractivity contribution is 5.76. The van der Waals surface area contributed by atoms with Crippen molar-refractivity contribution in [2.24, 2.45) is 0 Å². The Labute approximate surface area is 133 Å². The van der Waals surface area contributed by atoms with Gasteiger partial charge in [0, 0.05) is 19.4 Å². The first-order valence-corrected chi connectivity index (χ1v) is 8.78. The van der Waals surface area contributed by atoms with E-state index in [2.05, 4.69) is 27.0 Å². The van der Waals surface area contributed by atoms with Crippen molar-refractivity contribution >= 4 is 5.91 Å². The number of amides is 1. The van der Waals surface area contributed by atoms with Crippen molar-refractivity contribution in [3.63, 3.8) is 0 Å². The van der Waals surface area contributed by atoms with E-state index in [-0.39, 0.29) is 5.91 Å². The van der Waals surface area contributed by atoms with Crippen molar-refractivity contribution < 1.29 is 4.79 Å². The molecule has 1 aliphatic rings. The highest BCUT2D eigenvalue weighted by Gasteiger charge is 2.30. The molecule has 2 rings (SSSR count). The van der Waals surface area contributed by atoms with Crippen LogP contribution in [0.5, 0.6) is 0 Å². The first kappa shape index (κ1) is 17.0. The topological polar surface area (TPSA) is 59.8 Å². The van der Waals surface area contributed by atoms with Gasteiger partial charge in [-0.05, 0) is 33.1 Å². The number of hydrogen-bond donors (Lipinski definition) is 1. The Morgan fingerprint density at radius 1 is 1.18 bits per heavy atom. The Balaban J connectivity index is 1.87. The van der Waals surface area contributed by atoms with E-state index in [0.717, 1.165) is 37.5 Å². The second-order valence-electron chi connectivity index (χ2n) is 6.89. The van der Waals surface area contributed by atoms with Gasteiger partial charge in [0.25, 0.3) is 0 Å². The number of carbonyl (C=O) groups is 1. The smallest absolute Gasteiger partial charge is 0.220 e. The Morgan fingerprint density at radius 3 is 2.73 bits per heavy atom. The van der Waals surface area contributed by atoms with Crippen LogP contribution in [0.15, 0.2) is 0 Å². The zero-order valence-corrected chi connectivity index (χ0v) is 14.3. The number of aromatic nitrogens is 3. The molecule has 0 unspecified atom stereocenters. The molecule has 0 aliphatic carbocycles. The molecule has 1 aromatic heterocycles. The summed E-state index contributed by atoms with van der Waals surface area (Å²) in [5.74, 6) is 2.07. The van der Waals surface area contributed by atoms with Gasteiger partial charge >= 0.3 is 0 Å². The minimum atomic E-state index is -0.455. The van der Waals surface area contributed by atoms with Crippen molar-refractivity contribution in [2.75, 3.05) is 0 Å². The molecule has 1 aliphatic heterocycles. The summed E-state index contributed by atoms with van der Waals surface area (Å²) in [5.41, 5.74) is -0.455. The van der Waals surface area contributed by atoms with Gasteiger partial charge in [0.2, 0.25) is 5.91 Å². The lowest BCUT2D eigenvalue weighted by Gasteiger charge is -2.27. The summed E-state index contributed by atoms with van der Waals surface area (Å²) >= 11 is 0. The number of aryl methyl sites for hydroxylation is 1. The molecule has 1 amide bonds. The average Bonchev–Trinajstić information content (AvgIpc) is 2.91. The quantitative estimate of drug-likeness (QED) is 0.749. The van der Waals surface area contributed by atoms with E-state index >= 15 is 0 Å². The molecule has 0 aromatic carbocycles. The van der Waals surface area contributed by atoms with Gasteiger partial charge in [-0.2, -0.15) is 0 Å². The second kappa shape index (κ2) is 7.75. The van der Waals surface area contributed by atoms with Gasteiger partial charge in [0.1, 0.15) is 5.82 Å². The summed E-state index contributed by atoms with van der Waals surface area (Å²) in [6.45, 7) is 7.21. The molecule has 2 heterocycles. The van der Waals surface area contributed by atoms with E-state index in [1.807, 2.05) is 13.8 Å². The summed E-state index contributed by atoms with van der Waals surface area (Å²) < 4.78 is 2.19. The van der Waals surface area contributed by atoms with E-state index in [9.17, 15) is 4.79 Å². The van der Waals surface area contributed by atoms with Crippen molar-refractivity contribution in [2.45, 2.75) is 90.6 Å². The molecular weight excluding hydrogens is 276 g/mol. The average molecular weight is 306 g/mol. The molecular formula is C17H30N4O. The number of carbonyl (C=O) groups excluding carboxylic acids is 1. The van der Waals surface area contributed by atoms with Crippen LogP contribution in [0, 0.1) is 0 Å². The standard InChI is InChI=1S/C17H30N4O/c1-4-5-6-7-8-12-15(22)18-17(2,3)16-20-19-14-11-9-10-13-21(14)16/h4-13H2,1-3H3,(H,18,22). The van der Waals surface area contributed by atoms with Crippen LogP contribution in [0.1, 0.15) is 83.8 Å². The molecule has 1 N–H and O–H groups in total. The lowest BCUT2D eigenvalue weighted by Crippen LogP contribution is -2.43. The molecule has 22 heavy (non-hydrogen) atoms. The fraction of sp³-hybridized carbons (Fsp3) is 0.824. The zero-order chi connectivity index (χ0) is 16.0. The monoisotopic (exact) mass is 306 g/mol. The fourth-order valence-electron chi connectivity index (χ4n) is 3.13. The van der Waals surface area contributed by atoms with Gasteiger partial charge in [0.15, 0.2) is 5.82 Å². The van der Waals surface area contributed by atoms with Gasteiger partial charge in [0.05, 0.1) is 5.54 Å². The third-order valence-electron chi connectivity index (χ3n) is 4.38. The van der Waals surface area contributed by atoms with Crippen molar-refractivity contribution in [1.29, 1.82) is 0 Å². The first-order chi connectivity index (χ1) is 10.5. The van der Waals surface area contributed by atoms with Crippen LogP contribution in [-0.4, -0.2) is 20.7 Å². The van der Waals surface area contributed by atoms with E-state index in [4.69, 9.17) is 0 Å². The molecule has 124 valence electrons. The maximum absolute atomic E-state index is 12.2. The minimum absolute atomic E-state index is 0.120. The Hall–Kier alpha value is -1.39. The lowest BCUT2D eigenvalue weighted by atomic mass is 10.0. The molecule has 0 atom stereocenters. The zero-order valence-electron chi connectivity index (χ0n) is 14.3. The summed E-state index contributed by atoms with van der Waals surface area (Å²) in [5, 5.41) is 11.8. The number of unbranched alkanes of at least 4 members (excludes halogenated alkanes) is 4. The molecule has 5 heteroatoms. The Kier molecular flexibility index (Phi) is 5.98. The van der Waals surface area contributed by atoms with E-state index in [1.54, 1.807) is 0 Å². The molecule has 0 spiro atoms. The number of fused-ring (bicyclic) bond motifs is 1. The van der Waals surface area contributed by atoms with E-state index < -0.39 is 5.54 Å². The normalized spacial score (nSPS) is 14.7. The Bertz CT molecular complexity index is 493. The molecule has 0 radical (unpaired) electrons. The van der Waals surface area contributed by atoms with Crippen LogP contribution in [0.2, 0.25) is 0 Å². The van der Waals surface area contributed by atoms with Gasteiger partial charge < -0.3 is 9.88 Å². The number of nitrogens with zero attached hydrogens (tertiary/aromatic N) is 3. The summed E-state index contributed by atoms with van der Waals surface area (Å²) in [6, 6.07) is 0. The maximum Gasteiger partial charge on any atom is 0.220 e. The van der Waals surface area contributed by atoms with Crippen molar-refractivity contribution in [3.05, 3.63) is 11.6 Å².